The molecule has 0 spiro atoms. The Morgan fingerprint density at radius 2 is 1.88 bits per heavy atom. The number of hydrogen-bond donors (Lipinski definition) is 2. The number of aromatic nitrogens is 1. The molecule has 2 atom stereocenters. The van der Waals surface area contributed by atoms with Crippen LogP contribution in [0.15, 0.2) is 23.2 Å². The zero-order valence-corrected chi connectivity index (χ0v) is 10.3. The van der Waals surface area contributed by atoms with Gasteiger partial charge in [0, 0.05) is 19.3 Å². The van der Waals surface area contributed by atoms with E-state index in [1.54, 1.807) is 0 Å². The lowest BCUT2D eigenvalue weighted by Gasteiger charge is -2.15. The average molecular weight is 279 g/mol. The van der Waals surface area contributed by atoms with Crippen LogP contribution in [0.4, 0.5) is 0 Å². The first-order valence-electron chi connectivity index (χ1n) is 4.89. The van der Waals surface area contributed by atoms with E-state index in [0.29, 0.717) is 0 Å². The quantitative estimate of drug-likeness (QED) is 0.709. The summed E-state index contributed by atoms with van der Waals surface area (Å²) in [6.07, 6.45) is -0.954. The molecule has 1 aliphatic rings. The molecule has 1 fully saturated rings. The number of rotatable bonds is 2. The molecular weight excluding hydrogens is 268 g/mol. The summed E-state index contributed by atoms with van der Waals surface area (Å²) >= 11 is 5.57. The second-order valence-corrected chi connectivity index (χ2v) is 6.10. The molecule has 17 heavy (non-hydrogen) atoms. The van der Waals surface area contributed by atoms with Crippen molar-refractivity contribution >= 4 is 21.6 Å². The third-order valence-corrected chi connectivity index (χ3v) is 4.60. The summed E-state index contributed by atoms with van der Waals surface area (Å²) in [5, 5.41) is 18.9. The fourth-order valence-corrected chi connectivity index (χ4v) is 3.13. The minimum Gasteiger partial charge on any atom is -0.389 e. The number of halogens is 1. The van der Waals surface area contributed by atoms with Gasteiger partial charge in [-0.1, -0.05) is 11.6 Å². The third-order valence-electron chi connectivity index (χ3n) is 2.56. The fourth-order valence-electron chi connectivity index (χ4n) is 1.60. The first kappa shape index (κ1) is 12.7. The Kier molecular flexibility index (Phi) is 3.37. The van der Waals surface area contributed by atoms with Crippen molar-refractivity contribution in [2.24, 2.45) is 0 Å². The molecule has 0 aromatic carbocycles. The third kappa shape index (κ3) is 2.43. The maximum absolute atomic E-state index is 12.1. The highest BCUT2D eigenvalue weighted by molar-refractivity contribution is 7.89. The van der Waals surface area contributed by atoms with Crippen molar-refractivity contribution in [3.8, 4) is 0 Å². The van der Waals surface area contributed by atoms with E-state index in [0.717, 1.165) is 10.5 Å². The van der Waals surface area contributed by atoms with Crippen molar-refractivity contribution in [3.63, 3.8) is 0 Å². The molecule has 6 nitrogen and oxygen atoms in total. The van der Waals surface area contributed by atoms with E-state index in [4.69, 9.17) is 11.6 Å². The van der Waals surface area contributed by atoms with E-state index >= 15 is 0 Å². The topological polar surface area (TPSA) is 90.7 Å². The number of aliphatic hydroxyl groups is 2. The molecule has 1 aromatic rings. The Bertz CT molecular complexity index is 494. The van der Waals surface area contributed by atoms with Crippen molar-refractivity contribution < 1.29 is 18.6 Å². The largest absolute Gasteiger partial charge is 0.389 e. The minimum atomic E-state index is -3.73. The maximum Gasteiger partial charge on any atom is 0.244 e. The Morgan fingerprint density at radius 3 is 2.35 bits per heavy atom. The predicted molar refractivity (Wildman–Crippen MR) is 60.0 cm³/mol. The van der Waals surface area contributed by atoms with Gasteiger partial charge < -0.3 is 10.2 Å². The van der Waals surface area contributed by atoms with Crippen molar-refractivity contribution in [2.45, 2.75) is 17.1 Å². The average Bonchev–Trinajstić information content (AvgIpc) is 2.60. The zero-order valence-electron chi connectivity index (χ0n) is 8.69. The normalized spacial score (nSPS) is 26.3. The summed E-state index contributed by atoms with van der Waals surface area (Å²) in [4.78, 5) is 3.68. The van der Waals surface area contributed by atoms with Gasteiger partial charge in [0.1, 0.15) is 10.0 Å². The molecule has 1 aromatic heterocycles. The van der Waals surface area contributed by atoms with E-state index in [1.165, 1.54) is 12.1 Å². The molecular formula is C9H11ClN2O4S. The highest BCUT2D eigenvalue weighted by Gasteiger charge is 2.37. The van der Waals surface area contributed by atoms with E-state index in [2.05, 4.69) is 4.98 Å². The van der Waals surface area contributed by atoms with Gasteiger partial charge in [0.15, 0.2) is 0 Å². The predicted octanol–water partition coefficient (Wildman–Crippen LogP) is -0.539. The molecule has 0 saturated carbocycles. The summed E-state index contributed by atoms with van der Waals surface area (Å²) in [7, 11) is -3.73. The lowest BCUT2D eigenvalue weighted by atomic mass is 10.3. The van der Waals surface area contributed by atoms with Gasteiger partial charge in [0.2, 0.25) is 10.0 Å². The Labute approximate surface area is 104 Å². The Balaban J connectivity index is 2.28. The second kappa shape index (κ2) is 4.51. The van der Waals surface area contributed by atoms with Crippen LogP contribution >= 0.6 is 11.6 Å². The van der Waals surface area contributed by atoms with Gasteiger partial charge in [0.25, 0.3) is 0 Å². The van der Waals surface area contributed by atoms with E-state index in [1.807, 2.05) is 0 Å². The van der Waals surface area contributed by atoms with Gasteiger partial charge in [-0.3, -0.25) is 0 Å². The van der Waals surface area contributed by atoms with E-state index in [-0.39, 0.29) is 23.1 Å². The molecule has 0 amide bonds. The van der Waals surface area contributed by atoms with Gasteiger partial charge in [0.05, 0.1) is 12.2 Å². The van der Waals surface area contributed by atoms with Crippen molar-refractivity contribution in [1.82, 2.24) is 9.29 Å². The first-order chi connectivity index (χ1) is 7.91. The van der Waals surface area contributed by atoms with Gasteiger partial charge >= 0.3 is 0 Å². The summed E-state index contributed by atoms with van der Waals surface area (Å²) in [6.45, 7) is -0.238. The highest BCUT2D eigenvalue weighted by Crippen LogP contribution is 2.21. The SMILES string of the molecule is O=S(=O)(c1ccc(Cl)nc1)N1CC(O)C(O)C1. The molecule has 2 rings (SSSR count). The first-order valence-corrected chi connectivity index (χ1v) is 6.71. The van der Waals surface area contributed by atoms with Gasteiger partial charge in [-0.05, 0) is 12.1 Å². The van der Waals surface area contributed by atoms with Crippen molar-refractivity contribution in [1.29, 1.82) is 0 Å². The molecule has 94 valence electrons. The lowest BCUT2D eigenvalue weighted by molar-refractivity contribution is 0.0572. The molecule has 2 heterocycles. The van der Waals surface area contributed by atoms with Gasteiger partial charge in [-0.25, -0.2) is 13.4 Å². The maximum atomic E-state index is 12.1. The fraction of sp³-hybridized carbons (Fsp3) is 0.444. The number of sulfonamides is 1. The van der Waals surface area contributed by atoms with Crippen LogP contribution in [-0.4, -0.2) is 53.2 Å². The molecule has 1 aliphatic heterocycles. The molecule has 0 bridgehead atoms. The van der Waals surface area contributed by atoms with Crippen LogP contribution in [0.2, 0.25) is 5.15 Å². The smallest absolute Gasteiger partial charge is 0.244 e. The Morgan fingerprint density at radius 1 is 1.29 bits per heavy atom. The van der Waals surface area contributed by atoms with Crippen LogP contribution in [0.25, 0.3) is 0 Å². The van der Waals surface area contributed by atoms with Crippen molar-refractivity contribution in [3.05, 3.63) is 23.5 Å². The molecule has 0 radical (unpaired) electrons. The number of hydrogen-bond acceptors (Lipinski definition) is 5. The van der Waals surface area contributed by atoms with Crippen LogP contribution in [0.5, 0.6) is 0 Å². The summed E-state index contributed by atoms with van der Waals surface area (Å²) in [5.41, 5.74) is 0. The highest BCUT2D eigenvalue weighted by atomic mass is 35.5. The van der Waals surface area contributed by atoms with Crippen LogP contribution in [0.1, 0.15) is 0 Å². The number of pyridine rings is 1. The summed E-state index contributed by atoms with van der Waals surface area (Å²) in [5.74, 6) is 0. The van der Waals surface area contributed by atoms with Gasteiger partial charge in [-0.15, -0.1) is 0 Å². The molecule has 1 saturated heterocycles. The standard InChI is InChI=1S/C9H11ClN2O4S/c10-9-2-1-6(3-11-9)17(15,16)12-4-7(13)8(14)5-12/h1-3,7-8,13-14H,4-5H2. The summed E-state index contributed by atoms with van der Waals surface area (Å²) < 4.78 is 25.1. The van der Waals surface area contributed by atoms with E-state index < -0.39 is 22.2 Å². The van der Waals surface area contributed by atoms with Gasteiger partial charge in [-0.2, -0.15) is 4.31 Å². The molecule has 0 aliphatic carbocycles. The molecule has 8 heteroatoms. The minimum absolute atomic E-state index is 0.0109. The molecule has 2 unspecified atom stereocenters. The van der Waals surface area contributed by atoms with E-state index in [9.17, 15) is 18.6 Å². The number of nitrogens with zero attached hydrogens (tertiary/aromatic N) is 2. The lowest BCUT2D eigenvalue weighted by Crippen LogP contribution is -2.30. The van der Waals surface area contributed by atoms with Crippen molar-refractivity contribution in [2.75, 3.05) is 13.1 Å². The van der Waals surface area contributed by atoms with Crippen LogP contribution in [0.3, 0.4) is 0 Å². The van der Waals surface area contributed by atoms with Crippen LogP contribution < -0.4 is 0 Å². The number of β-amino-alcohol motifs (C(OH)–C–C–N with tert-alkyl or cyclic N) is 2. The summed E-state index contributed by atoms with van der Waals surface area (Å²) in [6, 6.07) is 2.71. The van der Waals surface area contributed by atoms with Crippen LogP contribution in [-0.2, 0) is 10.0 Å². The second-order valence-electron chi connectivity index (χ2n) is 3.77. The molecule has 2 N–H and O–H groups in total. The zero-order chi connectivity index (χ0) is 12.6. The van der Waals surface area contributed by atoms with Crippen LogP contribution in [0, 0.1) is 0 Å². The number of aliphatic hydroxyl groups excluding tert-OH is 2. The monoisotopic (exact) mass is 278 g/mol. The Hall–Kier alpha value is -0.730.